The van der Waals surface area contributed by atoms with Gasteiger partial charge in [0, 0.05) is 32.0 Å². The number of benzene rings is 2. The lowest BCUT2D eigenvalue weighted by atomic mass is 9.89. The molecule has 40 heavy (non-hydrogen) atoms. The van der Waals surface area contributed by atoms with Crippen LogP contribution in [0.4, 0.5) is 27.9 Å². The van der Waals surface area contributed by atoms with Crippen LogP contribution >= 0.6 is 23.2 Å². The number of likely N-dealkylation sites (tertiary alicyclic amines) is 1. The molecule has 11 heteroatoms. The third kappa shape index (κ3) is 5.95. The molecule has 1 N–H and O–H groups in total. The Morgan fingerprint density at radius 3 is 2.33 bits per heavy atom. The summed E-state index contributed by atoms with van der Waals surface area (Å²) in [6, 6.07) is 13.3. The first kappa shape index (κ1) is 28.0. The predicted molar refractivity (Wildman–Crippen MR) is 158 cm³/mol. The van der Waals surface area contributed by atoms with Crippen LogP contribution in [-0.2, 0) is 4.74 Å². The number of carbonyl (C=O) groups excluding carboxylic acids is 2. The van der Waals surface area contributed by atoms with Gasteiger partial charge >= 0.3 is 6.09 Å². The lowest BCUT2D eigenvalue weighted by molar-refractivity contribution is 0.0204. The van der Waals surface area contributed by atoms with Crippen molar-refractivity contribution in [2.75, 3.05) is 41.9 Å². The molecular formula is C29H32Cl2N6O3. The molecule has 2 amide bonds. The summed E-state index contributed by atoms with van der Waals surface area (Å²) < 4.78 is 5.50. The zero-order valence-electron chi connectivity index (χ0n) is 22.9. The topological polar surface area (TPSA) is 90.9 Å². The summed E-state index contributed by atoms with van der Waals surface area (Å²) in [4.78, 5) is 39.8. The maximum Gasteiger partial charge on any atom is 0.410 e. The first-order valence-corrected chi connectivity index (χ1v) is 13.9. The van der Waals surface area contributed by atoms with Gasteiger partial charge in [0.05, 0.1) is 22.4 Å². The molecule has 1 fully saturated rings. The Balaban J connectivity index is 1.24. The molecule has 0 unspecified atom stereocenters. The molecule has 0 atom stereocenters. The third-order valence-corrected chi connectivity index (χ3v) is 7.56. The van der Waals surface area contributed by atoms with Crippen molar-refractivity contribution in [2.45, 2.75) is 45.1 Å². The Labute approximate surface area is 244 Å². The van der Waals surface area contributed by atoms with Crippen LogP contribution in [0, 0.1) is 0 Å². The van der Waals surface area contributed by atoms with E-state index in [1.165, 1.54) is 16.7 Å². The van der Waals surface area contributed by atoms with Crippen molar-refractivity contribution in [1.29, 1.82) is 0 Å². The van der Waals surface area contributed by atoms with E-state index in [1.54, 1.807) is 23.1 Å². The summed E-state index contributed by atoms with van der Waals surface area (Å²) in [5.41, 5.74) is 2.40. The highest BCUT2D eigenvalue weighted by Crippen LogP contribution is 2.37. The summed E-state index contributed by atoms with van der Waals surface area (Å²) in [7, 11) is 1.85. The number of aromatic nitrogens is 2. The molecule has 9 nitrogen and oxygen atoms in total. The standard InChI is InChI=1S/C29H32Cl2N6O3/c1-29(2,3)40-28(39)36-14-12-19(13-15-36)18-8-10-20(11-9-18)33-27-32-16-21-25(34-27)35(4)17-37(26(21)38)24-22(30)6-5-7-23(24)31/h5-11,16,19H,12-15,17H2,1-4H3,(H,32,33,34). The van der Waals surface area contributed by atoms with Crippen LogP contribution in [0.1, 0.15) is 55.5 Å². The van der Waals surface area contributed by atoms with Crippen molar-refractivity contribution in [3.63, 3.8) is 0 Å². The Morgan fingerprint density at radius 1 is 1.05 bits per heavy atom. The highest BCUT2D eigenvalue weighted by molar-refractivity contribution is 6.40. The summed E-state index contributed by atoms with van der Waals surface area (Å²) in [5, 5.41) is 4.03. The molecule has 2 aliphatic rings. The van der Waals surface area contributed by atoms with E-state index < -0.39 is 5.60 Å². The minimum atomic E-state index is -0.491. The van der Waals surface area contributed by atoms with Gasteiger partial charge in [-0.15, -0.1) is 0 Å². The van der Waals surface area contributed by atoms with E-state index in [-0.39, 0.29) is 18.7 Å². The van der Waals surface area contributed by atoms with E-state index in [1.807, 2.05) is 44.9 Å². The van der Waals surface area contributed by atoms with Crippen LogP contribution in [0.5, 0.6) is 0 Å². The number of nitrogens with one attached hydrogen (secondary N) is 1. The molecule has 0 spiro atoms. The predicted octanol–water partition coefficient (Wildman–Crippen LogP) is 6.70. The average Bonchev–Trinajstić information content (AvgIpc) is 2.91. The van der Waals surface area contributed by atoms with Crippen LogP contribution < -0.4 is 15.1 Å². The number of para-hydroxylation sites is 1. The van der Waals surface area contributed by atoms with E-state index in [0.29, 0.717) is 52.1 Å². The van der Waals surface area contributed by atoms with Gasteiger partial charge in [-0.05, 0) is 69.4 Å². The molecule has 2 aromatic carbocycles. The number of fused-ring (bicyclic) bond motifs is 1. The molecule has 210 valence electrons. The van der Waals surface area contributed by atoms with Crippen molar-refractivity contribution in [3.8, 4) is 0 Å². The van der Waals surface area contributed by atoms with Gasteiger partial charge in [0.25, 0.3) is 5.91 Å². The summed E-state index contributed by atoms with van der Waals surface area (Å²) in [5.74, 6) is 1.02. The first-order valence-electron chi connectivity index (χ1n) is 13.2. The monoisotopic (exact) mass is 582 g/mol. The Morgan fingerprint density at radius 2 is 1.70 bits per heavy atom. The van der Waals surface area contributed by atoms with Crippen molar-refractivity contribution >= 4 is 58.3 Å². The number of halogens is 2. The zero-order valence-corrected chi connectivity index (χ0v) is 24.5. The molecule has 1 aromatic heterocycles. The number of amides is 2. The fourth-order valence-corrected chi connectivity index (χ4v) is 5.57. The second-order valence-corrected chi connectivity index (χ2v) is 11.9. The number of nitrogens with zero attached hydrogens (tertiary/aromatic N) is 5. The fourth-order valence-electron chi connectivity index (χ4n) is 4.97. The number of hydrogen-bond acceptors (Lipinski definition) is 7. The van der Waals surface area contributed by atoms with Crippen molar-refractivity contribution in [1.82, 2.24) is 14.9 Å². The molecule has 5 rings (SSSR count). The van der Waals surface area contributed by atoms with E-state index in [2.05, 4.69) is 27.4 Å². The molecule has 1 saturated heterocycles. The number of hydrogen-bond donors (Lipinski definition) is 1. The van der Waals surface area contributed by atoms with E-state index in [0.717, 1.165) is 18.5 Å². The summed E-state index contributed by atoms with van der Waals surface area (Å²) in [6.45, 7) is 7.24. The molecular weight excluding hydrogens is 551 g/mol. The molecule has 3 aromatic rings. The number of anilines is 4. The smallest absolute Gasteiger partial charge is 0.410 e. The van der Waals surface area contributed by atoms with Gasteiger partial charge in [0.15, 0.2) is 0 Å². The van der Waals surface area contributed by atoms with Crippen LogP contribution in [0.15, 0.2) is 48.7 Å². The molecule has 0 radical (unpaired) electrons. The molecule has 0 aliphatic carbocycles. The van der Waals surface area contributed by atoms with Gasteiger partial charge in [-0.25, -0.2) is 9.78 Å². The highest BCUT2D eigenvalue weighted by Gasteiger charge is 2.33. The SMILES string of the molecule is CN1CN(c2c(Cl)cccc2Cl)C(=O)c2cnc(Nc3ccc(C4CCN(C(=O)OC(C)(C)C)CC4)cc3)nc21. The largest absolute Gasteiger partial charge is 0.444 e. The maximum absolute atomic E-state index is 13.3. The lowest BCUT2D eigenvalue weighted by Gasteiger charge is -2.35. The maximum atomic E-state index is 13.3. The molecule has 0 saturated carbocycles. The van der Waals surface area contributed by atoms with Gasteiger partial charge in [-0.1, -0.05) is 41.4 Å². The number of rotatable bonds is 4. The number of piperidine rings is 1. The van der Waals surface area contributed by atoms with Gasteiger partial charge in [0.2, 0.25) is 5.95 Å². The van der Waals surface area contributed by atoms with Gasteiger partial charge in [-0.2, -0.15) is 4.98 Å². The van der Waals surface area contributed by atoms with Crippen LogP contribution in [-0.4, -0.2) is 59.3 Å². The second-order valence-electron chi connectivity index (χ2n) is 11.1. The Hall–Kier alpha value is -3.56. The number of ether oxygens (including phenoxy) is 1. The Bertz CT molecular complexity index is 1400. The lowest BCUT2D eigenvalue weighted by Crippen LogP contribution is -2.46. The second kappa shape index (κ2) is 11.1. The minimum absolute atomic E-state index is 0.243. The Kier molecular flexibility index (Phi) is 7.79. The molecule has 3 heterocycles. The normalized spacial score (nSPS) is 16.1. The van der Waals surface area contributed by atoms with Crippen LogP contribution in [0.3, 0.4) is 0 Å². The quantitative estimate of drug-likeness (QED) is 0.366. The van der Waals surface area contributed by atoms with Crippen molar-refractivity contribution in [2.24, 2.45) is 0 Å². The van der Waals surface area contributed by atoms with E-state index in [9.17, 15) is 9.59 Å². The summed E-state index contributed by atoms with van der Waals surface area (Å²) >= 11 is 12.7. The first-order chi connectivity index (χ1) is 19.0. The molecule has 0 bridgehead atoms. The minimum Gasteiger partial charge on any atom is -0.444 e. The molecule has 2 aliphatic heterocycles. The zero-order chi connectivity index (χ0) is 28.6. The fraction of sp³-hybridized carbons (Fsp3) is 0.379. The average molecular weight is 584 g/mol. The van der Waals surface area contributed by atoms with Crippen molar-refractivity contribution in [3.05, 3.63) is 69.8 Å². The highest BCUT2D eigenvalue weighted by atomic mass is 35.5. The summed E-state index contributed by atoms with van der Waals surface area (Å²) in [6.07, 6.45) is 3.05. The van der Waals surface area contributed by atoms with E-state index in [4.69, 9.17) is 27.9 Å². The van der Waals surface area contributed by atoms with Crippen LogP contribution in [0.2, 0.25) is 10.0 Å². The van der Waals surface area contributed by atoms with Crippen LogP contribution in [0.25, 0.3) is 0 Å². The van der Waals surface area contributed by atoms with Gasteiger partial charge in [-0.3, -0.25) is 9.69 Å². The van der Waals surface area contributed by atoms with Gasteiger partial charge in [0.1, 0.15) is 17.0 Å². The number of carbonyl (C=O) groups is 2. The van der Waals surface area contributed by atoms with E-state index >= 15 is 0 Å². The third-order valence-electron chi connectivity index (χ3n) is 6.95. The van der Waals surface area contributed by atoms with Gasteiger partial charge < -0.3 is 19.9 Å². The van der Waals surface area contributed by atoms with Crippen molar-refractivity contribution < 1.29 is 14.3 Å².